The Kier molecular flexibility index (Phi) is 5.06. The van der Waals surface area contributed by atoms with Crippen molar-refractivity contribution in [2.45, 2.75) is 39.2 Å². The van der Waals surface area contributed by atoms with Gasteiger partial charge in [-0.15, -0.1) is 0 Å². The molecule has 1 aromatic carbocycles. The van der Waals surface area contributed by atoms with Crippen LogP contribution < -0.4 is 5.32 Å². The Labute approximate surface area is 147 Å². The summed E-state index contributed by atoms with van der Waals surface area (Å²) in [4.78, 5) is 37.4. The molecule has 6 heteroatoms. The molecule has 2 amide bonds. The first-order valence-corrected chi connectivity index (χ1v) is 8.78. The number of likely N-dealkylation sites (tertiary alicyclic amines) is 1. The van der Waals surface area contributed by atoms with Gasteiger partial charge in [0.05, 0.1) is 5.92 Å². The van der Waals surface area contributed by atoms with E-state index in [9.17, 15) is 14.4 Å². The molecule has 6 nitrogen and oxygen atoms in total. The molecule has 1 saturated carbocycles. The SMILES string of the molecule is CC(=O)Nc1cccc([C@H](C)OC(=O)[C@@H]2CC(=O)N(CC3CC3)C2)c1. The molecular weight excluding hydrogens is 320 g/mol. The smallest absolute Gasteiger partial charge is 0.311 e. The van der Waals surface area contributed by atoms with Crippen LogP contribution in [0, 0.1) is 11.8 Å². The Bertz CT molecular complexity index is 684. The fourth-order valence-corrected chi connectivity index (χ4v) is 3.13. The molecule has 0 bridgehead atoms. The minimum Gasteiger partial charge on any atom is -0.458 e. The number of benzene rings is 1. The molecular formula is C19H24N2O4. The average Bonchev–Trinajstić information content (AvgIpc) is 3.29. The molecule has 2 aliphatic rings. The largest absolute Gasteiger partial charge is 0.458 e. The lowest BCUT2D eigenvalue weighted by Gasteiger charge is -2.18. The fourth-order valence-electron chi connectivity index (χ4n) is 3.13. The van der Waals surface area contributed by atoms with Gasteiger partial charge in [-0.2, -0.15) is 0 Å². The lowest BCUT2D eigenvalue weighted by atomic mass is 10.1. The second kappa shape index (κ2) is 7.25. The van der Waals surface area contributed by atoms with Crippen molar-refractivity contribution >= 4 is 23.5 Å². The molecule has 25 heavy (non-hydrogen) atoms. The molecule has 1 saturated heterocycles. The number of esters is 1. The maximum absolute atomic E-state index is 12.4. The lowest BCUT2D eigenvalue weighted by Crippen LogP contribution is -2.29. The van der Waals surface area contributed by atoms with Gasteiger partial charge in [-0.05, 0) is 43.4 Å². The van der Waals surface area contributed by atoms with Gasteiger partial charge >= 0.3 is 5.97 Å². The summed E-state index contributed by atoms with van der Waals surface area (Å²) in [5, 5.41) is 2.71. The van der Waals surface area contributed by atoms with Crippen molar-refractivity contribution in [3.05, 3.63) is 29.8 Å². The van der Waals surface area contributed by atoms with Gasteiger partial charge in [0.25, 0.3) is 0 Å². The third-order valence-corrected chi connectivity index (χ3v) is 4.69. The average molecular weight is 344 g/mol. The number of amides is 2. The number of ether oxygens (including phenoxy) is 1. The van der Waals surface area contributed by atoms with Crippen LogP contribution in [-0.2, 0) is 19.1 Å². The molecule has 0 aromatic heterocycles. The normalized spacial score (nSPS) is 21.1. The Morgan fingerprint density at radius 2 is 2.12 bits per heavy atom. The zero-order chi connectivity index (χ0) is 18.0. The van der Waals surface area contributed by atoms with Crippen molar-refractivity contribution in [1.29, 1.82) is 0 Å². The number of carbonyl (C=O) groups is 3. The highest BCUT2D eigenvalue weighted by Gasteiger charge is 2.38. The number of hydrogen-bond acceptors (Lipinski definition) is 4. The third-order valence-electron chi connectivity index (χ3n) is 4.69. The Hall–Kier alpha value is -2.37. The monoisotopic (exact) mass is 344 g/mol. The second-order valence-electron chi connectivity index (χ2n) is 7.03. The van der Waals surface area contributed by atoms with Gasteiger partial charge in [0.2, 0.25) is 11.8 Å². The number of carbonyl (C=O) groups excluding carboxylic acids is 3. The topological polar surface area (TPSA) is 75.7 Å². The highest BCUT2D eigenvalue weighted by molar-refractivity contribution is 5.89. The number of rotatable bonds is 6. The summed E-state index contributed by atoms with van der Waals surface area (Å²) in [5.74, 6) is -0.193. The molecule has 2 fully saturated rings. The lowest BCUT2D eigenvalue weighted by molar-refractivity contribution is -0.153. The maximum atomic E-state index is 12.4. The fraction of sp³-hybridized carbons (Fsp3) is 0.526. The summed E-state index contributed by atoms with van der Waals surface area (Å²) >= 11 is 0. The van der Waals surface area contributed by atoms with E-state index in [2.05, 4.69) is 5.32 Å². The Morgan fingerprint density at radius 3 is 2.80 bits per heavy atom. The van der Waals surface area contributed by atoms with Crippen molar-refractivity contribution in [1.82, 2.24) is 4.90 Å². The van der Waals surface area contributed by atoms with Crippen LogP contribution in [0.25, 0.3) is 0 Å². The first-order chi connectivity index (χ1) is 11.9. The van der Waals surface area contributed by atoms with E-state index in [0.717, 1.165) is 12.1 Å². The molecule has 3 rings (SSSR count). The van der Waals surface area contributed by atoms with E-state index in [1.54, 1.807) is 30.0 Å². The summed E-state index contributed by atoms with van der Waals surface area (Å²) in [6.45, 7) is 4.48. The number of hydrogen-bond donors (Lipinski definition) is 1. The van der Waals surface area contributed by atoms with Crippen molar-refractivity contribution in [3.63, 3.8) is 0 Å². The zero-order valence-electron chi connectivity index (χ0n) is 14.7. The zero-order valence-corrected chi connectivity index (χ0v) is 14.7. The van der Waals surface area contributed by atoms with E-state index >= 15 is 0 Å². The maximum Gasteiger partial charge on any atom is 0.311 e. The molecule has 1 aliphatic carbocycles. The van der Waals surface area contributed by atoms with E-state index in [-0.39, 0.29) is 30.1 Å². The quantitative estimate of drug-likeness (QED) is 0.805. The number of anilines is 1. The van der Waals surface area contributed by atoms with E-state index in [0.29, 0.717) is 18.2 Å². The van der Waals surface area contributed by atoms with Crippen LogP contribution in [0.2, 0.25) is 0 Å². The van der Waals surface area contributed by atoms with Crippen LogP contribution in [0.3, 0.4) is 0 Å². The summed E-state index contributed by atoms with van der Waals surface area (Å²) in [6.07, 6.45) is 2.17. The molecule has 1 aromatic rings. The molecule has 2 atom stereocenters. The summed E-state index contributed by atoms with van der Waals surface area (Å²) in [5.41, 5.74) is 1.47. The number of nitrogens with zero attached hydrogens (tertiary/aromatic N) is 1. The highest BCUT2D eigenvalue weighted by atomic mass is 16.5. The molecule has 134 valence electrons. The van der Waals surface area contributed by atoms with E-state index in [1.165, 1.54) is 19.8 Å². The highest BCUT2D eigenvalue weighted by Crippen LogP contribution is 2.32. The van der Waals surface area contributed by atoms with Crippen LogP contribution in [0.4, 0.5) is 5.69 Å². The minimum absolute atomic E-state index is 0.0501. The van der Waals surface area contributed by atoms with Gasteiger partial charge in [-0.3, -0.25) is 14.4 Å². The minimum atomic E-state index is -0.436. The molecule has 1 heterocycles. The van der Waals surface area contributed by atoms with Gasteiger partial charge in [0.15, 0.2) is 0 Å². The van der Waals surface area contributed by atoms with Crippen LogP contribution in [0.15, 0.2) is 24.3 Å². The van der Waals surface area contributed by atoms with Gasteiger partial charge in [-0.25, -0.2) is 0 Å². The van der Waals surface area contributed by atoms with E-state index in [4.69, 9.17) is 4.74 Å². The summed E-state index contributed by atoms with van der Waals surface area (Å²) in [6, 6.07) is 7.23. The van der Waals surface area contributed by atoms with Crippen LogP contribution in [0.1, 0.15) is 44.8 Å². The molecule has 0 unspecified atom stereocenters. The summed E-state index contributed by atoms with van der Waals surface area (Å²) < 4.78 is 5.57. The molecule has 0 radical (unpaired) electrons. The van der Waals surface area contributed by atoms with Gasteiger partial charge in [-0.1, -0.05) is 12.1 Å². The van der Waals surface area contributed by atoms with E-state index in [1.807, 2.05) is 6.07 Å². The standard InChI is InChI=1S/C19H24N2O4/c1-12(15-4-3-5-17(8-15)20-13(2)22)25-19(24)16-9-18(23)21(11-16)10-14-6-7-14/h3-5,8,12,14,16H,6-7,9-11H2,1-2H3,(H,20,22)/t12-,16+/m0/s1. The summed E-state index contributed by atoms with van der Waals surface area (Å²) in [7, 11) is 0. The molecule has 1 N–H and O–H groups in total. The van der Waals surface area contributed by atoms with Crippen molar-refractivity contribution in [3.8, 4) is 0 Å². The predicted octanol–water partition coefficient (Wildman–Crippen LogP) is 2.51. The van der Waals surface area contributed by atoms with E-state index < -0.39 is 6.10 Å². The molecule has 0 spiro atoms. The third kappa shape index (κ3) is 4.59. The van der Waals surface area contributed by atoms with Gasteiger partial charge in [0.1, 0.15) is 6.10 Å². The number of nitrogens with one attached hydrogen (secondary N) is 1. The van der Waals surface area contributed by atoms with Crippen molar-refractivity contribution < 1.29 is 19.1 Å². The Balaban J connectivity index is 1.57. The van der Waals surface area contributed by atoms with Crippen LogP contribution >= 0.6 is 0 Å². The van der Waals surface area contributed by atoms with Crippen LogP contribution in [0.5, 0.6) is 0 Å². The predicted molar refractivity (Wildman–Crippen MR) is 92.7 cm³/mol. The van der Waals surface area contributed by atoms with Gasteiger partial charge < -0.3 is 15.0 Å². The molecule has 1 aliphatic heterocycles. The van der Waals surface area contributed by atoms with Gasteiger partial charge in [0, 0.05) is 32.1 Å². The van der Waals surface area contributed by atoms with Crippen LogP contribution in [-0.4, -0.2) is 35.8 Å². The second-order valence-corrected chi connectivity index (χ2v) is 7.03. The first kappa shape index (κ1) is 17.5. The first-order valence-electron chi connectivity index (χ1n) is 8.78. The van der Waals surface area contributed by atoms with Crippen molar-refractivity contribution in [2.75, 3.05) is 18.4 Å². The van der Waals surface area contributed by atoms with Crippen molar-refractivity contribution in [2.24, 2.45) is 11.8 Å². The Morgan fingerprint density at radius 1 is 1.36 bits per heavy atom.